The van der Waals surface area contributed by atoms with Gasteiger partial charge in [-0.2, -0.15) is 0 Å². The van der Waals surface area contributed by atoms with E-state index in [1.807, 2.05) is 0 Å². The SMILES string of the molecule is NNCC(=NN=C(N)N)c1ccc(Cl)cc1. The zero-order valence-electron chi connectivity index (χ0n) is 8.52. The van der Waals surface area contributed by atoms with Crippen molar-refractivity contribution in [2.24, 2.45) is 27.5 Å². The van der Waals surface area contributed by atoms with Crippen LogP contribution in [0.25, 0.3) is 0 Å². The highest BCUT2D eigenvalue weighted by Crippen LogP contribution is 2.10. The van der Waals surface area contributed by atoms with Gasteiger partial charge in [0.1, 0.15) is 0 Å². The quantitative estimate of drug-likeness (QED) is 0.252. The van der Waals surface area contributed by atoms with Gasteiger partial charge < -0.3 is 11.5 Å². The van der Waals surface area contributed by atoms with E-state index in [0.29, 0.717) is 17.3 Å². The van der Waals surface area contributed by atoms with Gasteiger partial charge in [-0.05, 0) is 17.7 Å². The van der Waals surface area contributed by atoms with Gasteiger partial charge in [0.15, 0.2) is 0 Å². The second-order valence-corrected chi connectivity index (χ2v) is 3.40. The van der Waals surface area contributed by atoms with Crippen LogP contribution < -0.4 is 22.7 Å². The number of nitrogens with zero attached hydrogens (tertiary/aromatic N) is 2. The molecular formula is C9H13ClN6. The zero-order chi connectivity index (χ0) is 12.0. The number of nitrogens with one attached hydrogen (secondary N) is 1. The molecule has 1 aromatic carbocycles. The highest BCUT2D eigenvalue weighted by atomic mass is 35.5. The zero-order valence-corrected chi connectivity index (χ0v) is 9.28. The van der Waals surface area contributed by atoms with Crippen molar-refractivity contribution < 1.29 is 0 Å². The van der Waals surface area contributed by atoms with E-state index in [0.717, 1.165) is 5.56 Å². The first kappa shape index (κ1) is 12.4. The topological polar surface area (TPSA) is 115 Å². The summed E-state index contributed by atoms with van der Waals surface area (Å²) in [4.78, 5) is 0. The third-order valence-corrected chi connectivity index (χ3v) is 1.99. The molecule has 1 aromatic rings. The summed E-state index contributed by atoms with van der Waals surface area (Å²) < 4.78 is 0. The van der Waals surface area contributed by atoms with Crippen LogP contribution in [-0.4, -0.2) is 18.2 Å². The van der Waals surface area contributed by atoms with Crippen molar-refractivity contribution in [3.8, 4) is 0 Å². The molecule has 7 N–H and O–H groups in total. The van der Waals surface area contributed by atoms with Gasteiger partial charge in [0.2, 0.25) is 5.96 Å². The van der Waals surface area contributed by atoms with E-state index in [9.17, 15) is 0 Å². The van der Waals surface area contributed by atoms with Crippen molar-refractivity contribution in [2.45, 2.75) is 0 Å². The Bertz CT molecular complexity index is 393. The molecular weight excluding hydrogens is 228 g/mol. The number of hydrazine groups is 1. The van der Waals surface area contributed by atoms with Gasteiger partial charge in [-0.3, -0.25) is 11.3 Å². The first-order valence-electron chi connectivity index (χ1n) is 4.48. The lowest BCUT2D eigenvalue weighted by atomic mass is 10.1. The third kappa shape index (κ3) is 3.85. The molecule has 0 saturated heterocycles. The lowest BCUT2D eigenvalue weighted by Gasteiger charge is -2.04. The molecule has 0 amide bonds. The molecule has 0 fully saturated rings. The Morgan fingerprint density at radius 2 is 1.81 bits per heavy atom. The molecule has 0 aliphatic heterocycles. The molecule has 0 atom stereocenters. The maximum absolute atomic E-state index is 5.77. The standard InChI is InChI=1S/C9H13ClN6/c10-7-3-1-6(2-4-7)8(5-14-13)15-16-9(11)12/h1-4,14H,5,13H2,(H4,11,12,16). The molecule has 0 bridgehead atoms. The fourth-order valence-corrected chi connectivity index (χ4v) is 1.18. The Balaban J connectivity index is 2.97. The minimum Gasteiger partial charge on any atom is -0.369 e. The lowest BCUT2D eigenvalue weighted by Crippen LogP contribution is -2.30. The number of hydrogen-bond donors (Lipinski definition) is 4. The summed E-state index contributed by atoms with van der Waals surface area (Å²) in [6, 6.07) is 7.11. The summed E-state index contributed by atoms with van der Waals surface area (Å²) in [5.74, 6) is 5.13. The van der Waals surface area contributed by atoms with Crippen LogP contribution >= 0.6 is 11.6 Å². The van der Waals surface area contributed by atoms with Crippen LogP contribution in [0.3, 0.4) is 0 Å². The van der Waals surface area contributed by atoms with Crippen molar-refractivity contribution in [1.29, 1.82) is 0 Å². The van der Waals surface area contributed by atoms with E-state index in [-0.39, 0.29) is 5.96 Å². The number of benzene rings is 1. The van der Waals surface area contributed by atoms with Gasteiger partial charge in [0.25, 0.3) is 0 Å². The molecule has 86 valence electrons. The van der Waals surface area contributed by atoms with Gasteiger partial charge in [-0.1, -0.05) is 23.7 Å². The average Bonchev–Trinajstić information content (AvgIpc) is 2.25. The van der Waals surface area contributed by atoms with E-state index in [4.69, 9.17) is 28.9 Å². The molecule has 7 heteroatoms. The molecule has 0 unspecified atom stereocenters. The molecule has 6 nitrogen and oxygen atoms in total. The highest BCUT2D eigenvalue weighted by Gasteiger charge is 2.02. The maximum atomic E-state index is 5.77. The second-order valence-electron chi connectivity index (χ2n) is 2.96. The molecule has 0 spiro atoms. The van der Waals surface area contributed by atoms with E-state index in [1.54, 1.807) is 24.3 Å². The average molecular weight is 241 g/mol. The summed E-state index contributed by atoms with van der Waals surface area (Å²) in [6.45, 7) is 0.346. The smallest absolute Gasteiger partial charge is 0.211 e. The summed E-state index contributed by atoms with van der Waals surface area (Å²) in [7, 11) is 0. The molecule has 0 aliphatic carbocycles. The van der Waals surface area contributed by atoms with Gasteiger partial charge in [0, 0.05) is 5.02 Å². The third-order valence-electron chi connectivity index (χ3n) is 1.73. The Hall–Kier alpha value is -1.63. The van der Waals surface area contributed by atoms with Crippen LogP contribution in [0.4, 0.5) is 0 Å². The van der Waals surface area contributed by atoms with Crippen molar-refractivity contribution in [3.05, 3.63) is 34.9 Å². The molecule has 0 heterocycles. The Kier molecular flexibility index (Phi) is 4.71. The number of nitrogens with two attached hydrogens (primary N) is 3. The van der Waals surface area contributed by atoms with Crippen LogP contribution in [-0.2, 0) is 0 Å². The molecule has 1 rings (SSSR count). The van der Waals surface area contributed by atoms with Crippen molar-refractivity contribution in [2.75, 3.05) is 6.54 Å². The molecule has 0 radical (unpaired) electrons. The number of hydrogen-bond acceptors (Lipinski definition) is 4. The van der Waals surface area contributed by atoms with Gasteiger partial charge in [-0.15, -0.1) is 10.2 Å². The van der Waals surface area contributed by atoms with Crippen LogP contribution in [0.1, 0.15) is 5.56 Å². The van der Waals surface area contributed by atoms with Crippen LogP contribution in [0.2, 0.25) is 5.02 Å². The number of rotatable bonds is 4. The largest absolute Gasteiger partial charge is 0.369 e. The first-order valence-corrected chi connectivity index (χ1v) is 4.86. The van der Waals surface area contributed by atoms with Gasteiger partial charge in [0.05, 0.1) is 12.3 Å². The van der Waals surface area contributed by atoms with E-state index in [1.165, 1.54) is 0 Å². The predicted octanol–water partition coefficient (Wildman–Crippen LogP) is -0.219. The summed E-state index contributed by atoms with van der Waals surface area (Å²) in [6.07, 6.45) is 0. The van der Waals surface area contributed by atoms with Crippen molar-refractivity contribution in [1.82, 2.24) is 5.43 Å². The van der Waals surface area contributed by atoms with Crippen LogP contribution in [0.5, 0.6) is 0 Å². The summed E-state index contributed by atoms with van der Waals surface area (Å²) >= 11 is 5.77. The monoisotopic (exact) mass is 240 g/mol. The minimum atomic E-state index is -0.108. The normalized spacial score (nSPS) is 11.2. The summed E-state index contributed by atoms with van der Waals surface area (Å²) in [5.41, 5.74) is 14.3. The summed E-state index contributed by atoms with van der Waals surface area (Å²) in [5, 5.41) is 8.10. The Morgan fingerprint density at radius 1 is 1.19 bits per heavy atom. The Labute approximate surface area is 98.1 Å². The van der Waals surface area contributed by atoms with Crippen molar-refractivity contribution in [3.63, 3.8) is 0 Å². The first-order chi connectivity index (χ1) is 7.63. The number of halogens is 1. The van der Waals surface area contributed by atoms with E-state index in [2.05, 4.69) is 15.6 Å². The fourth-order valence-electron chi connectivity index (χ4n) is 1.05. The molecule has 16 heavy (non-hydrogen) atoms. The van der Waals surface area contributed by atoms with E-state index >= 15 is 0 Å². The van der Waals surface area contributed by atoms with Gasteiger partial charge in [-0.25, -0.2) is 0 Å². The number of guanidine groups is 1. The Morgan fingerprint density at radius 3 is 2.31 bits per heavy atom. The molecule has 0 aliphatic rings. The predicted molar refractivity (Wildman–Crippen MR) is 66.0 cm³/mol. The fraction of sp³-hybridized carbons (Fsp3) is 0.111. The second kappa shape index (κ2) is 6.06. The highest BCUT2D eigenvalue weighted by molar-refractivity contribution is 6.30. The minimum absolute atomic E-state index is 0.108. The van der Waals surface area contributed by atoms with Crippen LogP contribution in [0.15, 0.2) is 34.5 Å². The maximum Gasteiger partial charge on any atom is 0.211 e. The molecule has 0 saturated carbocycles. The van der Waals surface area contributed by atoms with Crippen molar-refractivity contribution >= 4 is 23.3 Å². The van der Waals surface area contributed by atoms with Crippen LogP contribution in [0, 0.1) is 0 Å². The lowest BCUT2D eigenvalue weighted by molar-refractivity contribution is 0.841. The van der Waals surface area contributed by atoms with Gasteiger partial charge >= 0.3 is 0 Å². The van der Waals surface area contributed by atoms with E-state index < -0.39 is 0 Å². The molecule has 0 aromatic heterocycles.